The molecule has 0 aromatic heterocycles. The average Bonchev–Trinajstić information content (AvgIpc) is 2.65. The first-order valence-electron chi connectivity index (χ1n) is 5.50. The third-order valence-electron chi connectivity index (χ3n) is 3.83. The van der Waals surface area contributed by atoms with Crippen molar-refractivity contribution in [2.24, 2.45) is 11.3 Å². The Morgan fingerprint density at radius 1 is 1.57 bits per heavy atom. The van der Waals surface area contributed by atoms with E-state index in [1.54, 1.807) is 7.11 Å². The highest BCUT2D eigenvalue weighted by Crippen LogP contribution is 2.48. The van der Waals surface area contributed by atoms with Gasteiger partial charge >= 0.3 is 0 Å². The number of β-lactam (4-membered cyclic amide) rings is 1. The minimum Gasteiger partial charge on any atom is -0.384 e. The molecule has 1 aliphatic heterocycles. The molecule has 3 nitrogen and oxygen atoms in total. The number of rotatable bonds is 3. The number of carbonyl (C=O) groups excluding carboxylic acids is 1. The van der Waals surface area contributed by atoms with Gasteiger partial charge in [-0.3, -0.25) is 4.79 Å². The summed E-state index contributed by atoms with van der Waals surface area (Å²) in [5, 5.41) is 3.04. The molecule has 2 atom stereocenters. The van der Waals surface area contributed by atoms with Gasteiger partial charge in [0.05, 0.1) is 12.0 Å². The van der Waals surface area contributed by atoms with Crippen molar-refractivity contribution in [2.75, 3.05) is 13.7 Å². The van der Waals surface area contributed by atoms with Crippen LogP contribution < -0.4 is 5.32 Å². The molecule has 1 N–H and O–H groups in total. The Morgan fingerprint density at radius 2 is 2.21 bits per heavy atom. The highest BCUT2D eigenvalue weighted by atomic mass is 16.5. The molecule has 0 aromatic carbocycles. The molecule has 3 heteroatoms. The molecule has 80 valence electrons. The predicted molar refractivity (Wildman–Crippen MR) is 53.9 cm³/mol. The predicted octanol–water partition coefficient (Wildman–Crippen LogP) is 1.33. The molecule has 2 unspecified atom stereocenters. The van der Waals surface area contributed by atoms with Crippen molar-refractivity contribution in [3.63, 3.8) is 0 Å². The topological polar surface area (TPSA) is 38.3 Å². The van der Waals surface area contributed by atoms with Crippen molar-refractivity contribution >= 4 is 5.91 Å². The number of carbonyl (C=O) groups is 1. The van der Waals surface area contributed by atoms with E-state index in [0.717, 1.165) is 19.4 Å². The van der Waals surface area contributed by atoms with Gasteiger partial charge in [0.25, 0.3) is 0 Å². The molecule has 0 aromatic rings. The van der Waals surface area contributed by atoms with Crippen LogP contribution in [0.2, 0.25) is 0 Å². The van der Waals surface area contributed by atoms with Gasteiger partial charge < -0.3 is 10.1 Å². The molecule has 1 heterocycles. The molecule has 2 rings (SSSR count). The van der Waals surface area contributed by atoms with E-state index in [4.69, 9.17) is 4.74 Å². The van der Waals surface area contributed by atoms with Crippen LogP contribution in [0.15, 0.2) is 0 Å². The second-order valence-corrected chi connectivity index (χ2v) is 4.75. The van der Waals surface area contributed by atoms with Gasteiger partial charge in [-0.15, -0.1) is 0 Å². The lowest BCUT2D eigenvalue weighted by Crippen LogP contribution is -2.68. The van der Waals surface area contributed by atoms with E-state index in [2.05, 4.69) is 12.2 Å². The fraction of sp³-hybridized carbons (Fsp3) is 0.909. The van der Waals surface area contributed by atoms with Crippen LogP contribution in [0.1, 0.15) is 32.6 Å². The Balaban J connectivity index is 2.04. The number of methoxy groups -OCH3 is 1. The van der Waals surface area contributed by atoms with Gasteiger partial charge in [0.15, 0.2) is 0 Å². The van der Waals surface area contributed by atoms with Gasteiger partial charge in [-0.05, 0) is 12.8 Å². The molecule has 1 amide bonds. The molecule has 14 heavy (non-hydrogen) atoms. The number of ether oxygens (including phenoxy) is 1. The first kappa shape index (κ1) is 9.97. The zero-order valence-corrected chi connectivity index (χ0v) is 9.01. The summed E-state index contributed by atoms with van der Waals surface area (Å²) in [6, 6.07) is 0.359. The van der Waals surface area contributed by atoms with Gasteiger partial charge in [-0.1, -0.05) is 19.8 Å². The Labute approximate surface area is 85.2 Å². The van der Waals surface area contributed by atoms with E-state index in [9.17, 15) is 4.79 Å². The lowest BCUT2D eigenvalue weighted by molar-refractivity contribution is -0.149. The van der Waals surface area contributed by atoms with E-state index >= 15 is 0 Å². The molecule has 2 aliphatic rings. The van der Waals surface area contributed by atoms with Crippen molar-refractivity contribution in [2.45, 2.75) is 38.6 Å². The van der Waals surface area contributed by atoms with E-state index in [1.165, 1.54) is 12.8 Å². The minimum atomic E-state index is -0.0159. The van der Waals surface area contributed by atoms with Crippen LogP contribution in [0.3, 0.4) is 0 Å². The van der Waals surface area contributed by atoms with Crippen molar-refractivity contribution in [3.05, 3.63) is 0 Å². The van der Waals surface area contributed by atoms with Crippen LogP contribution in [0.25, 0.3) is 0 Å². The maximum atomic E-state index is 11.6. The summed E-state index contributed by atoms with van der Waals surface area (Å²) in [6.45, 7) is 2.90. The van der Waals surface area contributed by atoms with Gasteiger partial charge in [-0.2, -0.15) is 0 Å². The number of amides is 1. The van der Waals surface area contributed by atoms with Crippen LogP contribution in [0, 0.1) is 11.3 Å². The standard InChI is InChI=1S/C11H19NO2/c1-8(7-14-2)9-11(10(13)12-9)5-3-4-6-11/h8-9H,3-7H2,1-2H3,(H,12,13). The number of hydrogen-bond donors (Lipinski definition) is 1. The smallest absolute Gasteiger partial charge is 0.228 e. The molecule has 0 bridgehead atoms. The zero-order valence-electron chi connectivity index (χ0n) is 9.01. The second kappa shape index (κ2) is 3.54. The SMILES string of the molecule is COCC(C)C1NC(=O)C12CCCC2. The molecular weight excluding hydrogens is 178 g/mol. The summed E-state index contributed by atoms with van der Waals surface area (Å²) in [5.41, 5.74) is -0.0159. The molecule has 1 spiro atoms. The van der Waals surface area contributed by atoms with Gasteiger partial charge in [0, 0.05) is 19.1 Å². The van der Waals surface area contributed by atoms with E-state index < -0.39 is 0 Å². The summed E-state index contributed by atoms with van der Waals surface area (Å²) in [6.07, 6.45) is 4.59. The number of hydrogen-bond acceptors (Lipinski definition) is 2. The normalized spacial score (nSPS) is 31.3. The monoisotopic (exact) mass is 197 g/mol. The Morgan fingerprint density at radius 3 is 2.71 bits per heavy atom. The summed E-state index contributed by atoms with van der Waals surface area (Å²) < 4.78 is 5.15. The highest BCUT2D eigenvalue weighted by Gasteiger charge is 2.57. The first-order chi connectivity index (χ1) is 6.70. The lowest BCUT2D eigenvalue weighted by atomic mass is 9.67. The molecular formula is C11H19NO2. The highest BCUT2D eigenvalue weighted by molar-refractivity contribution is 5.90. The minimum absolute atomic E-state index is 0.0159. The van der Waals surface area contributed by atoms with Crippen LogP contribution in [0.5, 0.6) is 0 Å². The van der Waals surface area contributed by atoms with Crippen molar-refractivity contribution < 1.29 is 9.53 Å². The molecule has 0 radical (unpaired) electrons. The molecule has 1 aliphatic carbocycles. The Hall–Kier alpha value is -0.570. The summed E-state index contributed by atoms with van der Waals surface area (Å²) >= 11 is 0. The molecule has 1 saturated heterocycles. The van der Waals surface area contributed by atoms with Gasteiger partial charge in [-0.25, -0.2) is 0 Å². The Kier molecular flexibility index (Phi) is 2.52. The van der Waals surface area contributed by atoms with Gasteiger partial charge in [0.1, 0.15) is 0 Å². The van der Waals surface area contributed by atoms with Crippen LogP contribution in [-0.4, -0.2) is 25.7 Å². The first-order valence-corrected chi connectivity index (χ1v) is 5.50. The summed E-state index contributed by atoms with van der Waals surface area (Å²) in [4.78, 5) is 11.6. The van der Waals surface area contributed by atoms with Crippen molar-refractivity contribution in [1.29, 1.82) is 0 Å². The second-order valence-electron chi connectivity index (χ2n) is 4.75. The summed E-state index contributed by atoms with van der Waals surface area (Å²) in [7, 11) is 1.72. The van der Waals surface area contributed by atoms with Crippen molar-refractivity contribution in [3.8, 4) is 0 Å². The maximum absolute atomic E-state index is 11.6. The number of nitrogens with one attached hydrogen (secondary N) is 1. The summed E-state index contributed by atoms with van der Waals surface area (Å²) in [5.74, 6) is 0.721. The third-order valence-corrected chi connectivity index (χ3v) is 3.83. The van der Waals surface area contributed by atoms with Gasteiger partial charge in [0.2, 0.25) is 5.91 Å². The van der Waals surface area contributed by atoms with E-state index in [1.807, 2.05) is 0 Å². The third kappa shape index (κ3) is 1.26. The maximum Gasteiger partial charge on any atom is 0.228 e. The average molecular weight is 197 g/mol. The van der Waals surface area contributed by atoms with Crippen molar-refractivity contribution in [1.82, 2.24) is 5.32 Å². The van der Waals surface area contributed by atoms with E-state index in [-0.39, 0.29) is 11.3 Å². The fourth-order valence-electron chi connectivity index (χ4n) is 3.08. The fourth-order valence-corrected chi connectivity index (χ4v) is 3.08. The molecule has 1 saturated carbocycles. The van der Waals surface area contributed by atoms with Crippen LogP contribution in [0.4, 0.5) is 0 Å². The zero-order chi connectivity index (χ0) is 10.2. The van der Waals surface area contributed by atoms with Crippen LogP contribution in [-0.2, 0) is 9.53 Å². The van der Waals surface area contributed by atoms with Crippen LogP contribution >= 0.6 is 0 Å². The lowest BCUT2D eigenvalue weighted by Gasteiger charge is -2.49. The largest absolute Gasteiger partial charge is 0.384 e. The van der Waals surface area contributed by atoms with E-state index in [0.29, 0.717) is 12.0 Å². The Bertz CT molecular complexity index is 233. The molecule has 2 fully saturated rings. The quantitative estimate of drug-likeness (QED) is 0.693.